The van der Waals surface area contributed by atoms with Crippen LogP contribution in [0.15, 0.2) is 29.8 Å². The fourth-order valence-corrected chi connectivity index (χ4v) is 4.56. The number of aromatic nitrogens is 4. The van der Waals surface area contributed by atoms with Crippen LogP contribution < -0.4 is 10.6 Å². The SMILES string of the molecule is CC(C)(F)c1nc(N2C[C@H]3CSC(N)=N[C@@]3(c3cnccn3)C2)ncc1F. The molecule has 2 aromatic rings. The van der Waals surface area contributed by atoms with E-state index in [0.29, 0.717) is 24.0 Å². The molecule has 7 nitrogen and oxygen atoms in total. The fraction of sp³-hybridized carbons (Fsp3) is 0.471. The highest BCUT2D eigenvalue weighted by Crippen LogP contribution is 2.45. The van der Waals surface area contributed by atoms with Crippen LogP contribution in [0.2, 0.25) is 0 Å². The molecule has 0 saturated carbocycles. The molecule has 0 aromatic carbocycles. The van der Waals surface area contributed by atoms with Gasteiger partial charge in [0.2, 0.25) is 5.95 Å². The Bertz CT molecular complexity index is 887. The summed E-state index contributed by atoms with van der Waals surface area (Å²) < 4.78 is 28.3. The minimum Gasteiger partial charge on any atom is -0.379 e. The van der Waals surface area contributed by atoms with Crippen LogP contribution in [0, 0.1) is 11.7 Å². The summed E-state index contributed by atoms with van der Waals surface area (Å²) >= 11 is 1.49. The van der Waals surface area contributed by atoms with Crippen LogP contribution in [-0.2, 0) is 11.2 Å². The van der Waals surface area contributed by atoms with Gasteiger partial charge in [-0.05, 0) is 13.8 Å². The van der Waals surface area contributed by atoms with Crippen molar-refractivity contribution in [2.24, 2.45) is 16.6 Å². The average molecular weight is 391 g/mol. The molecule has 2 N–H and O–H groups in total. The highest BCUT2D eigenvalue weighted by atomic mass is 32.2. The number of nitrogens with zero attached hydrogens (tertiary/aromatic N) is 6. The Morgan fingerprint density at radius 1 is 1.30 bits per heavy atom. The van der Waals surface area contributed by atoms with Gasteiger partial charge < -0.3 is 10.6 Å². The number of rotatable bonds is 3. The maximum Gasteiger partial charge on any atom is 0.225 e. The molecule has 0 amide bonds. The number of aliphatic imine (C=N–C) groups is 1. The van der Waals surface area contributed by atoms with Crippen LogP contribution in [0.4, 0.5) is 14.7 Å². The Hall–Kier alpha value is -2.36. The highest BCUT2D eigenvalue weighted by Gasteiger charge is 2.52. The van der Waals surface area contributed by atoms with Crippen LogP contribution in [0.3, 0.4) is 0 Å². The molecule has 10 heteroatoms. The van der Waals surface area contributed by atoms with Crippen molar-refractivity contribution >= 4 is 22.9 Å². The van der Waals surface area contributed by atoms with Gasteiger partial charge in [0.05, 0.1) is 24.6 Å². The number of thioether (sulfide) groups is 1. The van der Waals surface area contributed by atoms with Gasteiger partial charge in [0.15, 0.2) is 11.0 Å². The molecule has 2 aromatic heterocycles. The Labute approximate surface area is 159 Å². The summed E-state index contributed by atoms with van der Waals surface area (Å²) in [5.74, 6) is 0.366. The van der Waals surface area contributed by atoms with Gasteiger partial charge >= 0.3 is 0 Å². The van der Waals surface area contributed by atoms with E-state index >= 15 is 0 Å². The number of alkyl halides is 1. The molecule has 142 valence electrons. The molecule has 0 radical (unpaired) electrons. The third kappa shape index (κ3) is 3.11. The second-order valence-corrected chi connectivity index (χ2v) is 8.23. The minimum atomic E-state index is -1.91. The van der Waals surface area contributed by atoms with Crippen molar-refractivity contribution in [3.05, 3.63) is 42.0 Å². The molecule has 0 aliphatic carbocycles. The Kier molecular flexibility index (Phi) is 4.25. The molecule has 0 spiro atoms. The minimum absolute atomic E-state index is 0.0991. The zero-order valence-corrected chi connectivity index (χ0v) is 15.7. The summed E-state index contributed by atoms with van der Waals surface area (Å²) in [7, 11) is 0. The smallest absolute Gasteiger partial charge is 0.225 e. The lowest BCUT2D eigenvalue weighted by atomic mass is 9.86. The van der Waals surface area contributed by atoms with Gasteiger partial charge in [-0.2, -0.15) is 0 Å². The maximum atomic E-state index is 14.3. The number of hydrogen-bond acceptors (Lipinski definition) is 8. The summed E-state index contributed by atoms with van der Waals surface area (Å²) in [6.45, 7) is 3.54. The number of amidine groups is 1. The van der Waals surface area contributed by atoms with Gasteiger partial charge in [-0.1, -0.05) is 11.8 Å². The van der Waals surface area contributed by atoms with Crippen LogP contribution in [-0.4, -0.2) is 43.9 Å². The third-order valence-corrected chi connectivity index (χ3v) is 5.83. The number of hydrogen-bond donors (Lipinski definition) is 1. The van der Waals surface area contributed by atoms with E-state index in [1.54, 1.807) is 18.6 Å². The number of halogens is 2. The Morgan fingerprint density at radius 3 is 2.81 bits per heavy atom. The lowest BCUT2D eigenvalue weighted by Gasteiger charge is -2.33. The van der Waals surface area contributed by atoms with Crippen molar-refractivity contribution in [2.75, 3.05) is 23.7 Å². The van der Waals surface area contributed by atoms with Crippen LogP contribution in [0.1, 0.15) is 25.2 Å². The molecule has 2 aliphatic rings. The first kappa shape index (κ1) is 18.0. The molecule has 27 heavy (non-hydrogen) atoms. The van der Waals surface area contributed by atoms with E-state index in [9.17, 15) is 8.78 Å². The van der Waals surface area contributed by atoms with E-state index in [4.69, 9.17) is 10.7 Å². The van der Waals surface area contributed by atoms with Crippen LogP contribution >= 0.6 is 11.8 Å². The first-order valence-corrected chi connectivity index (χ1v) is 9.49. The zero-order valence-electron chi connectivity index (χ0n) is 14.9. The van der Waals surface area contributed by atoms with E-state index in [2.05, 4.69) is 19.9 Å². The monoisotopic (exact) mass is 391 g/mol. The molecular formula is C17H19F2N7S. The second-order valence-electron chi connectivity index (χ2n) is 7.19. The number of nitrogens with two attached hydrogens (primary N) is 1. The first-order chi connectivity index (χ1) is 12.8. The van der Waals surface area contributed by atoms with Crippen molar-refractivity contribution in [1.82, 2.24) is 19.9 Å². The van der Waals surface area contributed by atoms with E-state index in [0.717, 1.165) is 11.9 Å². The predicted molar refractivity (Wildman–Crippen MR) is 99.6 cm³/mol. The van der Waals surface area contributed by atoms with E-state index in [1.807, 2.05) is 4.90 Å². The molecule has 0 bridgehead atoms. The summed E-state index contributed by atoms with van der Waals surface area (Å²) in [6.07, 6.45) is 5.92. The normalized spacial score (nSPS) is 25.3. The lowest BCUT2D eigenvalue weighted by Crippen LogP contribution is -2.40. The predicted octanol–water partition coefficient (Wildman–Crippen LogP) is 2.00. The number of fused-ring (bicyclic) bond motifs is 1. The standard InChI is InChI=1S/C17H19F2N7S/c1-16(2,19)13-11(18)5-23-15(24-13)26-7-10-8-27-14(20)25-17(10,9-26)12-6-21-3-4-22-12/h3-6,10H,7-9H2,1-2H3,(H2,20,25)/t10-,17-/m0/s1. The molecular weight excluding hydrogens is 372 g/mol. The zero-order chi connectivity index (χ0) is 19.2. The average Bonchev–Trinajstić information content (AvgIpc) is 3.02. The molecule has 2 atom stereocenters. The van der Waals surface area contributed by atoms with E-state index in [-0.39, 0.29) is 17.6 Å². The van der Waals surface area contributed by atoms with Gasteiger partial charge in [-0.25, -0.2) is 23.7 Å². The van der Waals surface area contributed by atoms with Gasteiger partial charge in [-0.15, -0.1) is 0 Å². The van der Waals surface area contributed by atoms with E-state index < -0.39 is 17.0 Å². The number of anilines is 1. The molecule has 4 rings (SSSR count). The summed E-state index contributed by atoms with van der Waals surface area (Å²) in [5.41, 5.74) is 3.89. The summed E-state index contributed by atoms with van der Waals surface area (Å²) in [4.78, 5) is 23.5. The molecule has 0 unspecified atom stereocenters. The fourth-order valence-electron chi connectivity index (χ4n) is 3.58. The van der Waals surface area contributed by atoms with Gasteiger partial charge in [-0.3, -0.25) is 9.97 Å². The van der Waals surface area contributed by atoms with E-state index in [1.165, 1.54) is 25.6 Å². The third-order valence-electron chi connectivity index (χ3n) is 4.87. The van der Waals surface area contributed by atoms with Gasteiger partial charge in [0, 0.05) is 30.6 Å². The molecule has 4 heterocycles. The largest absolute Gasteiger partial charge is 0.379 e. The maximum absolute atomic E-state index is 14.3. The van der Waals surface area contributed by atoms with Crippen molar-refractivity contribution in [2.45, 2.75) is 25.1 Å². The first-order valence-electron chi connectivity index (χ1n) is 8.51. The summed E-state index contributed by atoms with van der Waals surface area (Å²) in [5, 5.41) is 0.490. The van der Waals surface area contributed by atoms with Crippen LogP contribution in [0.5, 0.6) is 0 Å². The Balaban J connectivity index is 1.75. The van der Waals surface area contributed by atoms with Crippen molar-refractivity contribution in [1.29, 1.82) is 0 Å². The van der Waals surface area contributed by atoms with Gasteiger partial charge in [0.25, 0.3) is 0 Å². The molecule has 2 aliphatic heterocycles. The topological polar surface area (TPSA) is 93.2 Å². The lowest BCUT2D eigenvalue weighted by molar-refractivity contribution is 0.205. The quantitative estimate of drug-likeness (QED) is 0.855. The van der Waals surface area contributed by atoms with Crippen molar-refractivity contribution < 1.29 is 8.78 Å². The van der Waals surface area contributed by atoms with Crippen LogP contribution in [0.25, 0.3) is 0 Å². The molecule has 1 saturated heterocycles. The second kappa shape index (κ2) is 6.36. The van der Waals surface area contributed by atoms with Gasteiger partial charge in [0.1, 0.15) is 16.9 Å². The summed E-state index contributed by atoms with van der Waals surface area (Å²) in [6, 6.07) is 0. The van der Waals surface area contributed by atoms with Crippen molar-refractivity contribution in [3.63, 3.8) is 0 Å². The Morgan fingerprint density at radius 2 is 2.11 bits per heavy atom. The van der Waals surface area contributed by atoms with Crippen molar-refractivity contribution in [3.8, 4) is 0 Å². The highest BCUT2D eigenvalue weighted by molar-refractivity contribution is 8.13. The molecule has 1 fully saturated rings.